The van der Waals surface area contributed by atoms with Crippen molar-refractivity contribution in [3.63, 3.8) is 0 Å². The lowest BCUT2D eigenvalue weighted by Crippen LogP contribution is -2.35. The Morgan fingerprint density at radius 3 is 2.34 bits per heavy atom. The molecule has 1 amide bonds. The Balaban J connectivity index is 1.55. The summed E-state index contributed by atoms with van der Waals surface area (Å²) in [5, 5.41) is 13.4. The van der Waals surface area contributed by atoms with Crippen molar-refractivity contribution in [3.05, 3.63) is 65.7 Å². The van der Waals surface area contributed by atoms with E-state index in [9.17, 15) is 21.6 Å². The topological polar surface area (TPSA) is 146 Å². The van der Waals surface area contributed by atoms with Crippen molar-refractivity contribution in [2.45, 2.75) is 18.7 Å². The molecule has 2 aliphatic heterocycles. The molecule has 0 unspecified atom stereocenters. The maximum Gasteiger partial charge on any atom is 0.339 e. The predicted octanol–water partition coefficient (Wildman–Crippen LogP) is 3.10. The number of sulfone groups is 1. The lowest BCUT2D eigenvalue weighted by Gasteiger charge is -2.20. The largest absolute Gasteiger partial charge is 0.379 e. The molecule has 1 N–H and O–H groups in total. The fourth-order valence-electron chi connectivity index (χ4n) is 3.16. The number of nitrogens with one attached hydrogen (secondary N) is 1. The third-order valence-electron chi connectivity index (χ3n) is 4.68. The highest BCUT2D eigenvalue weighted by Crippen LogP contribution is 2.31. The molecule has 2 aromatic rings. The Labute approximate surface area is 207 Å². The molecule has 182 valence electrons. The van der Waals surface area contributed by atoms with Crippen molar-refractivity contribution in [1.29, 1.82) is 5.41 Å². The lowest BCUT2D eigenvalue weighted by atomic mass is 10.1. The first-order valence-electron chi connectivity index (χ1n) is 10.3. The molecule has 0 aromatic heterocycles. The van der Waals surface area contributed by atoms with E-state index < -0.39 is 25.9 Å². The third kappa shape index (κ3) is 5.36. The normalized spacial score (nSPS) is 17.5. The van der Waals surface area contributed by atoms with Gasteiger partial charge in [0, 0.05) is 0 Å². The molecule has 10 nitrogen and oxygen atoms in total. The van der Waals surface area contributed by atoms with Crippen LogP contribution >= 0.6 is 11.8 Å². The summed E-state index contributed by atoms with van der Waals surface area (Å²) in [4.78, 5) is 16.5. The van der Waals surface area contributed by atoms with Gasteiger partial charge in [-0.25, -0.2) is 8.42 Å². The Morgan fingerprint density at radius 1 is 1.06 bits per heavy atom. The van der Waals surface area contributed by atoms with E-state index in [0.717, 1.165) is 16.8 Å². The van der Waals surface area contributed by atoms with E-state index in [1.165, 1.54) is 42.5 Å². The number of benzene rings is 2. The highest BCUT2D eigenvalue weighted by Gasteiger charge is 2.39. The van der Waals surface area contributed by atoms with Crippen LogP contribution in [0.4, 0.5) is 0 Å². The van der Waals surface area contributed by atoms with Crippen LogP contribution in [-0.2, 0) is 24.7 Å². The minimum atomic E-state index is -4.00. The zero-order valence-electron chi connectivity index (χ0n) is 18.6. The van der Waals surface area contributed by atoms with Crippen LogP contribution in [0.3, 0.4) is 0 Å². The van der Waals surface area contributed by atoms with Crippen molar-refractivity contribution in [1.82, 2.24) is 5.01 Å². The molecule has 0 spiro atoms. The molecule has 2 aromatic carbocycles. The van der Waals surface area contributed by atoms with Crippen molar-refractivity contribution >= 4 is 59.1 Å². The molecule has 0 bridgehead atoms. The number of amides is 1. The van der Waals surface area contributed by atoms with Crippen molar-refractivity contribution < 1.29 is 25.8 Å². The van der Waals surface area contributed by atoms with Gasteiger partial charge in [0.15, 0.2) is 5.84 Å². The molecular weight excluding hydrogens is 512 g/mol. The van der Waals surface area contributed by atoms with E-state index >= 15 is 0 Å². The molecule has 0 radical (unpaired) electrons. The van der Waals surface area contributed by atoms with Crippen LogP contribution in [0.2, 0.25) is 0 Å². The first kappa shape index (κ1) is 24.8. The Kier molecular flexibility index (Phi) is 6.66. The van der Waals surface area contributed by atoms with Gasteiger partial charge in [0.1, 0.15) is 10.6 Å². The molecule has 0 aliphatic carbocycles. The minimum absolute atomic E-state index is 0.00866. The van der Waals surface area contributed by atoms with Gasteiger partial charge in [-0.2, -0.15) is 18.4 Å². The van der Waals surface area contributed by atoms with Gasteiger partial charge in [0.05, 0.1) is 11.3 Å². The quantitative estimate of drug-likeness (QED) is 0.441. The van der Waals surface area contributed by atoms with Crippen LogP contribution in [0.25, 0.3) is 6.08 Å². The van der Waals surface area contributed by atoms with Gasteiger partial charge >= 0.3 is 10.1 Å². The van der Waals surface area contributed by atoms with Crippen LogP contribution in [0.1, 0.15) is 19.4 Å². The van der Waals surface area contributed by atoms with Gasteiger partial charge in [-0.1, -0.05) is 44.2 Å². The maximum atomic E-state index is 12.6. The van der Waals surface area contributed by atoms with Crippen molar-refractivity contribution in [2.24, 2.45) is 16.0 Å². The minimum Gasteiger partial charge on any atom is -0.379 e. The molecule has 0 atom stereocenters. The Hall–Kier alpha value is -3.29. The summed E-state index contributed by atoms with van der Waals surface area (Å²) in [5.41, 5.74) is 0.385. The molecule has 35 heavy (non-hydrogen) atoms. The van der Waals surface area contributed by atoms with Gasteiger partial charge in [-0.3, -0.25) is 10.2 Å². The van der Waals surface area contributed by atoms with Crippen LogP contribution in [-0.4, -0.2) is 48.9 Å². The number of fused-ring (bicyclic) bond motifs is 1. The fourth-order valence-corrected chi connectivity index (χ4v) is 6.90. The van der Waals surface area contributed by atoms with Crippen LogP contribution in [0, 0.1) is 11.3 Å². The highest BCUT2D eigenvalue weighted by molar-refractivity contribution is 8.42. The van der Waals surface area contributed by atoms with E-state index in [-0.39, 0.29) is 43.3 Å². The van der Waals surface area contributed by atoms with Crippen LogP contribution in [0.5, 0.6) is 5.75 Å². The predicted molar refractivity (Wildman–Crippen MR) is 134 cm³/mol. The Bertz CT molecular complexity index is 1490. The summed E-state index contributed by atoms with van der Waals surface area (Å²) >= 11 is 0.740. The van der Waals surface area contributed by atoms with Gasteiger partial charge in [0.25, 0.3) is 5.91 Å². The summed E-state index contributed by atoms with van der Waals surface area (Å²) in [7, 11) is -7.67. The van der Waals surface area contributed by atoms with Crippen LogP contribution < -0.4 is 4.18 Å². The second-order valence-corrected chi connectivity index (χ2v) is 12.7. The van der Waals surface area contributed by atoms with Gasteiger partial charge in [0.2, 0.25) is 19.4 Å². The molecular formula is C22H20N4O6S3. The van der Waals surface area contributed by atoms with Crippen LogP contribution in [0.15, 0.2) is 75.2 Å². The standard InChI is InChI=1S/C22H20N4O6S3/c1-14(2)13-34(28,29)22-25-26-19(23)18(20(27)24-21(26)33-22)12-15-8-10-16(11-9-15)32-35(30,31)17-6-4-3-5-7-17/h3-12,14,23H,13H2,1-2H3/b18-12+,23-19?. The smallest absolute Gasteiger partial charge is 0.339 e. The second-order valence-electron chi connectivity index (χ2n) is 7.98. The highest BCUT2D eigenvalue weighted by atomic mass is 32.3. The Morgan fingerprint density at radius 2 is 1.71 bits per heavy atom. The van der Waals surface area contributed by atoms with Crippen molar-refractivity contribution in [3.8, 4) is 5.75 Å². The van der Waals surface area contributed by atoms with Gasteiger partial charge < -0.3 is 4.18 Å². The number of hydrazone groups is 1. The summed E-state index contributed by atoms with van der Waals surface area (Å²) in [5.74, 6) is -1.18. The number of nitrogens with zero attached hydrogens (tertiary/aromatic N) is 3. The van der Waals surface area contributed by atoms with E-state index in [1.807, 2.05) is 0 Å². The van der Waals surface area contributed by atoms with Gasteiger partial charge in [-0.05, 0) is 53.6 Å². The SMILES string of the molecule is CC(C)CS(=O)(=O)C1=NN2C(=N)/C(=C\c3ccc(OS(=O)(=O)c4ccccc4)cc3)C(=O)N=C2S1. The molecule has 2 aliphatic rings. The average molecular weight is 533 g/mol. The number of thioether (sulfide) groups is 1. The molecule has 13 heteroatoms. The van der Waals surface area contributed by atoms with E-state index in [1.54, 1.807) is 32.0 Å². The van der Waals surface area contributed by atoms with Gasteiger partial charge in [-0.15, -0.1) is 5.10 Å². The third-order valence-corrected chi connectivity index (χ3v) is 9.38. The zero-order chi connectivity index (χ0) is 25.4. The monoisotopic (exact) mass is 532 g/mol. The molecule has 0 saturated carbocycles. The molecule has 2 heterocycles. The summed E-state index contributed by atoms with van der Waals surface area (Å²) < 4.78 is 54.7. The lowest BCUT2D eigenvalue weighted by molar-refractivity contribution is -0.114. The molecule has 0 saturated heterocycles. The number of aliphatic imine (C=N–C) groups is 1. The number of carbonyl (C=O) groups is 1. The number of amidine groups is 2. The summed E-state index contributed by atoms with van der Waals surface area (Å²) in [6, 6.07) is 13.6. The number of carbonyl (C=O) groups excluding carboxylic acids is 1. The van der Waals surface area contributed by atoms with E-state index in [4.69, 9.17) is 9.59 Å². The number of hydrogen-bond acceptors (Lipinski definition) is 9. The molecule has 4 rings (SSSR count). The average Bonchev–Trinajstić information content (AvgIpc) is 3.23. The summed E-state index contributed by atoms with van der Waals surface area (Å²) in [6.45, 7) is 3.53. The van der Waals surface area contributed by atoms with E-state index in [0.29, 0.717) is 5.56 Å². The summed E-state index contributed by atoms with van der Waals surface area (Å²) in [6.07, 6.45) is 1.39. The molecule has 0 fully saturated rings. The first-order valence-corrected chi connectivity index (χ1v) is 14.2. The number of rotatable bonds is 6. The van der Waals surface area contributed by atoms with Crippen molar-refractivity contribution in [2.75, 3.05) is 5.75 Å². The number of hydrogen-bond donors (Lipinski definition) is 1. The maximum absolute atomic E-state index is 12.6. The first-order chi connectivity index (χ1) is 16.5. The second kappa shape index (κ2) is 9.40. The van der Waals surface area contributed by atoms with E-state index in [2.05, 4.69) is 10.1 Å². The fraction of sp³-hybridized carbons (Fsp3) is 0.182. The zero-order valence-corrected chi connectivity index (χ0v) is 21.0.